The lowest BCUT2D eigenvalue weighted by Crippen LogP contribution is -2.26. The van der Waals surface area contributed by atoms with Gasteiger partial charge in [0.2, 0.25) is 5.88 Å². The third kappa shape index (κ3) is 3.13. The van der Waals surface area contributed by atoms with Gasteiger partial charge in [0.05, 0.1) is 0 Å². The van der Waals surface area contributed by atoms with Crippen molar-refractivity contribution in [1.82, 2.24) is 9.97 Å². The first kappa shape index (κ1) is 11.3. The summed E-state index contributed by atoms with van der Waals surface area (Å²) in [5, 5.41) is 0. The zero-order chi connectivity index (χ0) is 11.5. The zero-order valence-electron chi connectivity index (χ0n) is 9.24. The van der Waals surface area contributed by atoms with Crippen molar-refractivity contribution in [1.29, 1.82) is 0 Å². The molecule has 0 radical (unpaired) electrons. The highest BCUT2D eigenvalue weighted by atomic mass is 16.5. The Morgan fingerprint density at radius 1 is 1.53 bits per heavy atom. The topological polar surface area (TPSA) is 61.0 Å². The van der Waals surface area contributed by atoms with Crippen molar-refractivity contribution in [3.63, 3.8) is 0 Å². The molecule has 0 bridgehead atoms. The van der Waals surface area contributed by atoms with Crippen LogP contribution in [-0.2, 0) is 6.42 Å². The van der Waals surface area contributed by atoms with Crippen LogP contribution < -0.4 is 10.5 Å². The Labute approximate surface area is 89.9 Å². The Morgan fingerprint density at radius 3 is 2.73 bits per heavy atom. The lowest BCUT2D eigenvalue weighted by Gasteiger charge is -2.19. The van der Waals surface area contributed by atoms with Crippen molar-refractivity contribution in [3.05, 3.63) is 11.9 Å². The van der Waals surface area contributed by atoms with Crippen LogP contribution in [0.15, 0.2) is 6.07 Å². The van der Waals surface area contributed by atoms with Gasteiger partial charge in [-0.25, -0.2) is 4.98 Å². The maximum absolute atomic E-state index is 5.61. The summed E-state index contributed by atoms with van der Waals surface area (Å²) in [4.78, 5) is 8.22. The van der Waals surface area contributed by atoms with Gasteiger partial charge in [-0.3, -0.25) is 0 Å². The third-order valence-electron chi connectivity index (χ3n) is 1.79. The van der Waals surface area contributed by atoms with Crippen molar-refractivity contribution in [3.8, 4) is 18.2 Å². The molecule has 0 aromatic carbocycles. The Balaban J connectivity index is 2.96. The normalized spacial score (nSPS) is 10.8. The minimum atomic E-state index is -0.689. The molecule has 2 N–H and O–H groups in total. The highest BCUT2D eigenvalue weighted by Gasteiger charge is 2.17. The Bertz CT molecular complexity index is 393. The number of nitrogen functional groups attached to an aromatic ring is 1. The summed E-state index contributed by atoms with van der Waals surface area (Å²) in [5.74, 6) is 3.99. The Kier molecular flexibility index (Phi) is 3.15. The van der Waals surface area contributed by atoms with Gasteiger partial charge in [-0.05, 0) is 13.8 Å². The number of hydrogen-bond acceptors (Lipinski definition) is 4. The second-order valence-electron chi connectivity index (χ2n) is 3.66. The van der Waals surface area contributed by atoms with Crippen molar-refractivity contribution in [2.45, 2.75) is 32.8 Å². The van der Waals surface area contributed by atoms with Crippen LogP contribution in [0.2, 0.25) is 0 Å². The summed E-state index contributed by atoms with van der Waals surface area (Å²) >= 11 is 0. The molecule has 80 valence electrons. The second-order valence-corrected chi connectivity index (χ2v) is 3.66. The second kappa shape index (κ2) is 4.18. The van der Waals surface area contributed by atoms with Gasteiger partial charge in [0, 0.05) is 12.5 Å². The molecule has 0 saturated heterocycles. The summed E-state index contributed by atoms with van der Waals surface area (Å²) in [5.41, 5.74) is 4.92. The van der Waals surface area contributed by atoms with Crippen LogP contribution in [0.25, 0.3) is 0 Å². The molecule has 1 aromatic heterocycles. The molecule has 0 aliphatic carbocycles. The molecule has 0 unspecified atom stereocenters. The van der Waals surface area contributed by atoms with E-state index in [4.69, 9.17) is 16.9 Å². The quantitative estimate of drug-likeness (QED) is 0.758. The summed E-state index contributed by atoms with van der Waals surface area (Å²) < 4.78 is 5.51. The molecule has 0 atom stereocenters. The van der Waals surface area contributed by atoms with E-state index in [-0.39, 0.29) is 0 Å². The van der Waals surface area contributed by atoms with Gasteiger partial charge in [0.15, 0.2) is 5.60 Å². The standard InChI is InChI=1S/C11H15N3O/c1-5-9-13-8(12)7-10(14-9)15-11(3,4)6-2/h2,7H,5H2,1,3-4H3,(H2,12,13,14). The number of terminal acetylenes is 1. The van der Waals surface area contributed by atoms with Gasteiger partial charge < -0.3 is 10.5 Å². The fourth-order valence-corrected chi connectivity index (χ4v) is 0.994. The largest absolute Gasteiger partial charge is 0.458 e. The summed E-state index contributed by atoms with van der Waals surface area (Å²) in [7, 11) is 0. The molecule has 1 aromatic rings. The van der Waals surface area contributed by atoms with Crippen LogP contribution in [0.1, 0.15) is 26.6 Å². The van der Waals surface area contributed by atoms with E-state index in [1.807, 2.05) is 6.92 Å². The molecule has 0 aliphatic heterocycles. The van der Waals surface area contributed by atoms with Crippen molar-refractivity contribution in [2.75, 3.05) is 5.73 Å². The lowest BCUT2D eigenvalue weighted by atomic mass is 10.1. The van der Waals surface area contributed by atoms with E-state index < -0.39 is 5.60 Å². The summed E-state index contributed by atoms with van der Waals surface area (Å²) in [6.45, 7) is 5.53. The molecule has 15 heavy (non-hydrogen) atoms. The van der Waals surface area contributed by atoms with Gasteiger partial charge in [-0.2, -0.15) is 4.98 Å². The first-order chi connectivity index (χ1) is 6.96. The molecule has 0 aliphatic rings. The van der Waals surface area contributed by atoms with Crippen molar-refractivity contribution < 1.29 is 4.74 Å². The number of hydrogen-bond donors (Lipinski definition) is 1. The number of ether oxygens (including phenoxy) is 1. The van der Waals surface area contributed by atoms with Crippen molar-refractivity contribution >= 4 is 5.82 Å². The van der Waals surface area contributed by atoms with E-state index in [2.05, 4.69) is 15.9 Å². The average Bonchev–Trinajstić information content (AvgIpc) is 2.16. The maximum atomic E-state index is 5.61. The molecule has 1 heterocycles. The van der Waals surface area contributed by atoms with E-state index in [9.17, 15) is 0 Å². The van der Waals surface area contributed by atoms with Gasteiger partial charge in [0.1, 0.15) is 11.6 Å². The van der Waals surface area contributed by atoms with E-state index in [0.717, 1.165) is 0 Å². The monoisotopic (exact) mass is 205 g/mol. The van der Waals surface area contributed by atoms with Crippen LogP contribution in [0, 0.1) is 12.3 Å². The van der Waals surface area contributed by atoms with Gasteiger partial charge in [-0.1, -0.05) is 12.8 Å². The number of nitrogens with zero attached hydrogens (tertiary/aromatic N) is 2. The SMILES string of the molecule is C#CC(C)(C)Oc1cc(N)nc(CC)n1. The van der Waals surface area contributed by atoms with E-state index in [1.165, 1.54) is 0 Å². The van der Waals surface area contributed by atoms with Crippen LogP contribution >= 0.6 is 0 Å². The molecule has 0 spiro atoms. The third-order valence-corrected chi connectivity index (χ3v) is 1.79. The average molecular weight is 205 g/mol. The van der Waals surface area contributed by atoms with Gasteiger partial charge in [-0.15, -0.1) is 6.42 Å². The number of aryl methyl sites for hydroxylation is 1. The fourth-order valence-electron chi connectivity index (χ4n) is 0.994. The number of anilines is 1. The minimum Gasteiger partial charge on any atom is -0.458 e. The zero-order valence-corrected chi connectivity index (χ0v) is 9.24. The van der Waals surface area contributed by atoms with Crippen LogP contribution in [-0.4, -0.2) is 15.6 Å². The molecule has 1 rings (SSSR count). The first-order valence-electron chi connectivity index (χ1n) is 4.77. The number of aromatic nitrogens is 2. The smallest absolute Gasteiger partial charge is 0.220 e. The molecular formula is C11H15N3O. The predicted molar refractivity (Wildman–Crippen MR) is 59.4 cm³/mol. The Morgan fingerprint density at radius 2 is 2.20 bits per heavy atom. The van der Waals surface area contributed by atoms with E-state index in [0.29, 0.717) is 23.9 Å². The van der Waals surface area contributed by atoms with Crippen LogP contribution in [0.3, 0.4) is 0 Å². The predicted octanol–water partition coefficient (Wildman–Crippen LogP) is 1.41. The Hall–Kier alpha value is -1.76. The molecule has 0 fully saturated rings. The van der Waals surface area contributed by atoms with Crippen LogP contribution in [0.5, 0.6) is 5.88 Å². The highest BCUT2D eigenvalue weighted by Crippen LogP contribution is 2.17. The van der Waals surface area contributed by atoms with Crippen LogP contribution in [0.4, 0.5) is 5.82 Å². The van der Waals surface area contributed by atoms with E-state index >= 15 is 0 Å². The molecule has 4 heteroatoms. The maximum Gasteiger partial charge on any atom is 0.220 e. The molecule has 0 saturated carbocycles. The summed E-state index contributed by atoms with van der Waals surface area (Å²) in [6.07, 6.45) is 6.02. The molecule has 4 nitrogen and oxygen atoms in total. The molecule has 0 amide bonds. The number of rotatable bonds is 3. The lowest BCUT2D eigenvalue weighted by molar-refractivity contribution is 0.164. The first-order valence-corrected chi connectivity index (χ1v) is 4.77. The number of nitrogens with two attached hydrogens (primary N) is 1. The highest BCUT2D eigenvalue weighted by molar-refractivity contribution is 5.33. The summed E-state index contributed by atoms with van der Waals surface area (Å²) in [6, 6.07) is 1.57. The van der Waals surface area contributed by atoms with E-state index in [1.54, 1.807) is 19.9 Å². The van der Waals surface area contributed by atoms with Crippen molar-refractivity contribution in [2.24, 2.45) is 0 Å². The minimum absolute atomic E-state index is 0.393. The molecular weight excluding hydrogens is 190 g/mol. The van der Waals surface area contributed by atoms with Gasteiger partial charge >= 0.3 is 0 Å². The van der Waals surface area contributed by atoms with Gasteiger partial charge in [0.25, 0.3) is 0 Å². The fraction of sp³-hybridized carbons (Fsp3) is 0.455.